The van der Waals surface area contributed by atoms with Crippen LogP contribution in [0.15, 0.2) is 0 Å². The van der Waals surface area contributed by atoms with Gasteiger partial charge in [-0.15, -0.1) is 0 Å². The van der Waals surface area contributed by atoms with Gasteiger partial charge in [-0.1, -0.05) is 39.0 Å². The van der Waals surface area contributed by atoms with Gasteiger partial charge >= 0.3 is 29.6 Å². The van der Waals surface area contributed by atoms with Gasteiger partial charge in [0, 0.05) is 0 Å². The quantitative estimate of drug-likeness (QED) is 0.287. The van der Waals surface area contributed by atoms with E-state index in [1.165, 1.54) is 32.1 Å². The molecule has 58 valence electrons. The fourth-order valence-corrected chi connectivity index (χ4v) is 0.780. The van der Waals surface area contributed by atoms with Gasteiger partial charge < -0.3 is 12.4 Å². The normalized spacial score (nSPS) is 7.80. The van der Waals surface area contributed by atoms with Crippen LogP contribution in [0.1, 0.15) is 45.4 Å². The second kappa shape index (κ2) is 16.5. The fourth-order valence-electron chi connectivity index (χ4n) is 0.780. The van der Waals surface area contributed by atoms with Crippen LogP contribution >= 0.6 is 0 Å². The van der Waals surface area contributed by atoms with E-state index in [-0.39, 0.29) is 35.0 Å². The van der Waals surface area contributed by atoms with E-state index in [4.69, 9.17) is 0 Å². The van der Waals surface area contributed by atoms with E-state index in [0.717, 1.165) is 6.42 Å². The number of hydrogen-bond acceptors (Lipinski definition) is 0. The molecule has 0 aromatic carbocycles. The summed E-state index contributed by atoms with van der Waals surface area (Å²) < 4.78 is 0. The van der Waals surface area contributed by atoms with Gasteiger partial charge in [0.15, 0.2) is 0 Å². The summed E-state index contributed by atoms with van der Waals surface area (Å²) in [6, 6.07) is 0. The van der Waals surface area contributed by atoms with E-state index in [2.05, 4.69) is 13.8 Å². The Morgan fingerprint density at radius 1 is 1.00 bits per heavy atom. The van der Waals surface area contributed by atoms with Crippen LogP contribution in [0.25, 0.3) is 0 Å². The van der Waals surface area contributed by atoms with Crippen LogP contribution in [0, 0.1) is 6.92 Å². The smallest absolute Gasteiger partial charge is 0.412 e. The van der Waals surface area contributed by atoms with Crippen molar-refractivity contribution < 1.29 is 35.0 Å². The molecular weight excluding hydrogens is 135 g/mol. The Kier molecular flexibility index (Phi) is 28.3. The molecule has 0 aromatic heterocycles. The minimum absolute atomic E-state index is 0. The van der Waals surface area contributed by atoms with E-state index >= 15 is 0 Å². The molecule has 0 bridgehead atoms. The molecule has 0 amide bonds. The number of unbranched alkanes of at least 4 members (excludes halogenated alkanes) is 5. The topological polar surface area (TPSA) is 31.5 Å². The summed E-state index contributed by atoms with van der Waals surface area (Å²) >= 11 is 0. The molecule has 0 spiro atoms. The molecule has 0 saturated heterocycles. The van der Waals surface area contributed by atoms with E-state index in [9.17, 15) is 0 Å². The largest absolute Gasteiger partial charge is 1.00 e. The second-order valence-electron chi connectivity index (χ2n) is 2.27. The Morgan fingerprint density at radius 3 is 1.90 bits per heavy atom. The fraction of sp³-hybridized carbons (Fsp3) is 0.875. The third-order valence-corrected chi connectivity index (χ3v) is 1.35. The Bertz CT molecular complexity index is 34.2. The summed E-state index contributed by atoms with van der Waals surface area (Å²) in [4.78, 5) is 0. The predicted octanol–water partition coefficient (Wildman–Crippen LogP) is -0.640. The van der Waals surface area contributed by atoms with Crippen LogP contribution in [0.4, 0.5) is 0 Å². The van der Waals surface area contributed by atoms with Crippen molar-refractivity contribution in [3.05, 3.63) is 6.92 Å². The van der Waals surface area contributed by atoms with E-state index in [1.54, 1.807) is 0 Å². The van der Waals surface area contributed by atoms with Gasteiger partial charge in [0.25, 0.3) is 0 Å². The zero-order chi connectivity index (χ0) is 6.24. The van der Waals surface area contributed by atoms with Crippen molar-refractivity contribution in [2.24, 2.45) is 0 Å². The van der Waals surface area contributed by atoms with E-state index < -0.39 is 0 Å². The molecule has 0 rings (SSSR count). The first-order chi connectivity index (χ1) is 3.91. The summed E-state index contributed by atoms with van der Waals surface area (Å²) in [6.45, 7) is 6.02. The van der Waals surface area contributed by atoms with Crippen LogP contribution in [-0.4, -0.2) is 5.48 Å². The molecule has 0 aliphatic carbocycles. The van der Waals surface area contributed by atoms with Crippen LogP contribution in [0.5, 0.6) is 0 Å². The molecule has 1 nitrogen and oxygen atoms in total. The van der Waals surface area contributed by atoms with Gasteiger partial charge in [0.1, 0.15) is 0 Å². The summed E-state index contributed by atoms with van der Waals surface area (Å²) in [7, 11) is 0. The van der Waals surface area contributed by atoms with Crippen molar-refractivity contribution in [3.63, 3.8) is 0 Å². The summed E-state index contributed by atoms with van der Waals surface area (Å²) in [5.41, 5.74) is 0. The summed E-state index contributed by atoms with van der Waals surface area (Å²) in [5.74, 6) is 0. The van der Waals surface area contributed by atoms with Crippen LogP contribution in [0.2, 0.25) is 0 Å². The predicted molar refractivity (Wildman–Crippen MR) is 42.3 cm³/mol. The second-order valence-corrected chi connectivity index (χ2v) is 2.27. The monoisotopic (exact) mass is 154 g/mol. The average Bonchev–Trinajstić information content (AvgIpc) is 1.81. The molecule has 0 radical (unpaired) electrons. The molecule has 0 saturated carbocycles. The molecule has 0 heterocycles. The Morgan fingerprint density at radius 2 is 1.50 bits per heavy atom. The molecule has 0 aromatic rings. The SMILES string of the molecule is O.[CH2-]CCCCCCC.[Na+]. The minimum Gasteiger partial charge on any atom is -0.412 e. The zero-order valence-electron chi connectivity index (χ0n) is 7.45. The van der Waals surface area contributed by atoms with Gasteiger partial charge in [-0.25, -0.2) is 0 Å². The van der Waals surface area contributed by atoms with Crippen LogP contribution in [0.3, 0.4) is 0 Å². The van der Waals surface area contributed by atoms with Crippen molar-refractivity contribution in [1.29, 1.82) is 0 Å². The molecule has 10 heavy (non-hydrogen) atoms. The third-order valence-electron chi connectivity index (χ3n) is 1.35. The molecule has 0 unspecified atom stereocenters. The molecule has 2 N–H and O–H groups in total. The first-order valence-electron chi connectivity index (χ1n) is 3.71. The molecule has 0 aliphatic rings. The molecule has 0 aliphatic heterocycles. The van der Waals surface area contributed by atoms with Gasteiger partial charge in [-0.2, -0.15) is 6.42 Å². The van der Waals surface area contributed by atoms with Gasteiger partial charge in [0.2, 0.25) is 0 Å². The van der Waals surface area contributed by atoms with E-state index in [1.807, 2.05) is 0 Å². The van der Waals surface area contributed by atoms with Crippen molar-refractivity contribution in [2.45, 2.75) is 45.4 Å². The van der Waals surface area contributed by atoms with Crippen molar-refractivity contribution in [2.75, 3.05) is 0 Å². The Labute approximate surface area is 87.2 Å². The van der Waals surface area contributed by atoms with Crippen molar-refractivity contribution in [1.82, 2.24) is 0 Å². The van der Waals surface area contributed by atoms with Crippen molar-refractivity contribution >= 4 is 0 Å². The first-order valence-corrected chi connectivity index (χ1v) is 3.71. The maximum absolute atomic E-state index is 3.78. The van der Waals surface area contributed by atoms with Crippen molar-refractivity contribution in [3.8, 4) is 0 Å². The molecule has 2 heteroatoms. The summed E-state index contributed by atoms with van der Waals surface area (Å²) in [5, 5.41) is 0. The van der Waals surface area contributed by atoms with Gasteiger partial charge in [-0.3, -0.25) is 0 Å². The average molecular weight is 154 g/mol. The molecular formula is C8H19NaO. The van der Waals surface area contributed by atoms with E-state index in [0.29, 0.717) is 0 Å². The Hall–Kier alpha value is 0.960. The van der Waals surface area contributed by atoms with Gasteiger partial charge in [0.05, 0.1) is 0 Å². The number of rotatable bonds is 5. The maximum atomic E-state index is 3.78. The zero-order valence-corrected chi connectivity index (χ0v) is 9.45. The standard InChI is InChI=1S/C8H17.Na.H2O/c1-3-5-7-8-6-4-2;;/h1,3-8H2,2H3;;1H2/q-1;+1;. The summed E-state index contributed by atoms with van der Waals surface area (Å²) in [6.07, 6.45) is 7.98. The van der Waals surface area contributed by atoms with Gasteiger partial charge in [-0.05, 0) is 0 Å². The number of hydrogen-bond donors (Lipinski definition) is 0. The maximum Gasteiger partial charge on any atom is 1.00 e. The molecule has 0 atom stereocenters. The Balaban J connectivity index is -0.000000245. The third kappa shape index (κ3) is 16.0. The molecule has 0 fully saturated rings. The minimum atomic E-state index is 0. The first kappa shape index (κ1) is 17.2. The van der Waals surface area contributed by atoms with Crippen LogP contribution < -0.4 is 29.6 Å². The van der Waals surface area contributed by atoms with Crippen LogP contribution in [-0.2, 0) is 0 Å².